The first kappa shape index (κ1) is 17.5. The van der Waals surface area contributed by atoms with Crippen LogP contribution in [0.25, 0.3) is 0 Å². The maximum atomic E-state index is 12.0. The molecule has 1 aromatic heterocycles. The second-order valence-electron chi connectivity index (χ2n) is 6.36. The van der Waals surface area contributed by atoms with Crippen molar-refractivity contribution in [2.24, 2.45) is 5.73 Å². The number of amides is 1. The van der Waals surface area contributed by atoms with Crippen molar-refractivity contribution in [1.29, 1.82) is 0 Å². The fraction of sp³-hybridized carbons (Fsp3) is 0.647. The smallest absolute Gasteiger partial charge is 0.235 e. The van der Waals surface area contributed by atoms with Crippen molar-refractivity contribution in [3.05, 3.63) is 23.9 Å². The number of pyridine rings is 1. The Labute approximate surface area is 147 Å². The number of anilines is 1. The van der Waals surface area contributed by atoms with Gasteiger partial charge in [-0.15, -0.1) is 0 Å². The van der Waals surface area contributed by atoms with Crippen LogP contribution in [-0.4, -0.2) is 59.3 Å². The highest BCUT2D eigenvalue weighted by atomic mass is 32.2. The molecule has 1 amide bonds. The first-order valence-electron chi connectivity index (χ1n) is 8.64. The van der Waals surface area contributed by atoms with Gasteiger partial charge in [0.05, 0.1) is 0 Å². The third-order valence-corrected chi connectivity index (χ3v) is 6.42. The molecule has 24 heavy (non-hydrogen) atoms. The van der Waals surface area contributed by atoms with Gasteiger partial charge in [-0.3, -0.25) is 4.79 Å². The molecule has 0 atom stereocenters. The zero-order valence-corrected chi connectivity index (χ0v) is 15.1. The first-order valence-corrected chi connectivity index (χ1v) is 9.42. The topological polar surface area (TPSA) is 71.7 Å². The van der Waals surface area contributed by atoms with Crippen LogP contribution in [-0.2, 0) is 16.0 Å². The van der Waals surface area contributed by atoms with E-state index in [9.17, 15) is 4.79 Å². The third-order valence-electron chi connectivity index (χ3n) is 4.83. The Bertz CT molecular complexity index is 552. The van der Waals surface area contributed by atoms with E-state index in [4.69, 9.17) is 10.5 Å². The summed E-state index contributed by atoms with van der Waals surface area (Å²) in [6, 6.07) is 4.25. The SMILES string of the molecule is CCc1ccc(N2CCN(SC3(C(N)=O)CCOCC3)CC2)nc1. The Morgan fingerprint density at radius 3 is 2.54 bits per heavy atom. The Morgan fingerprint density at radius 2 is 2.00 bits per heavy atom. The highest BCUT2D eigenvalue weighted by molar-refractivity contribution is 7.99. The van der Waals surface area contributed by atoms with Crippen molar-refractivity contribution in [3.8, 4) is 0 Å². The van der Waals surface area contributed by atoms with Gasteiger partial charge in [-0.05, 0) is 30.9 Å². The second kappa shape index (κ2) is 7.72. The minimum absolute atomic E-state index is 0.213. The number of hydrogen-bond acceptors (Lipinski definition) is 6. The van der Waals surface area contributed by atoms with Crippen molar-refractivity contribution in [2.45, 2.75) is 30.9 Å². The van der Waals surface area contributed by atoms with Gasteiger partial charge in [0, 0.05) is 45.6 Å². The van der Waals surface area contributed by atoms with Gasteiger partial charge in [0.2, 0.25) is 5.91 Å². The summed E-state index contributed by atoms with van der Waals surface area (Å²) in [6.07, 6.45) is 4.37. The summed E-state index contributed by atoms with van der Waals surface area (Å²) in [5, 5.41) is 0. The molecule has 0 aliphatic carbocycles. The number of nitrogens with zero attached hydrogens (tertiary/aromatic N) is 3. The summed E-state index contributed by atoms with van der Waals surface area (Å²) in [5.74, 6) is 0.822. The number of piperazine rings is 1. The van der Waals surface area contributed by atoms with Crippen LogP contribution in [0.1, 0.15) is 25.3 Å². The Balaban J connectivity index is 1.57. The number of ether oxygens (including phenoxy) is 1. The molecule has 0 spiro atoms. The van der Waals surface area contributed by atoms with Gasteiger partial charge in [0.1, 0.15) is 10.6 Å². The fourth-order valence-electron chi connectivity index (χ4n) is 3.15. The largest absolute Gasteiger partial charge is 0.381 e. The van der Waals surface area contributed by atoms with E-state index in [-0.39, 0.29) is 5.91 Å². The number of primary amides is 1. The van der Waals surface area contributed by atoms with Crippen molar-refractivity contribution in [1.82, 2.24) is 9.29 Å². The van der Waals surface area contributed by atoms with Crippen molar-refractivity contribution >= 4 is 23.7 Å². The monoisotopic (exact) mass is 350 g/mol. The molecule has 2 fully saturated rings. The summed E-state index contributed by atoms with van der Waals surface area (Å²) in [6.45, 7) is 6.99. The highest BCUT2D eigenvalue weighted by Crippen LogP contribution is 2.38. The predicted octanol–water partition coefficient (Wildman–Crippen LogP) is 1.45. The summed E-state index contributed by atoms with van der Waals surface area (Å²) < 4.78 is 7.19. The zero-order chi connectivity index (χ0) is 17.0. The van der Waals surface area contributed by atoms with E-state index >= 15 is 0 Å². The molecular weight excluding hydrogens is 324 g/mol. The van der Waals surface area contributed by atoms with E-state index in [1.165, 1.54) is 5.56 Å². The van der Waals surface area contributed by atoms with E-state index in [1.54, 1.807) is 11.9 Å². The van der Waals surface area contributed by atoms with E-state index < -0.39 is 4.75 Å². The van der Waals surface area contributed by atoms with Crippen LogP contribution < -0.4 is 10.6 Å². The summed E-state index contributed by atoms with van der Waals surface area (Å²) in [4.78, 5) is 18.9. The second-order valence-corrected chi connectivity index (χ2v) is 7.84. The predicted molar refractivity (Wildman–Crippen MR) is 97.0 cm³/mol. The average Bonchev–Trinajstić information content (AvgIpc) is 2.63. The van der Waals surface area contributed by atoms with Crippen LogP contribution >= 0.6 is 11.9 Å². The number of carbonyl (C=O) groups excluding carboxylic acids is 1. The maximum Gasteiger partial charge on any atom is 0.235 e. The Morgan fingerprint density at radius 1 is 1.29 bits per heavy atom. The van der Waals surface area contributed by atoms with Crippen molar-refractivity contribution in [2.75, 3.05) is 44.3 Å². The van der Waals surface area contributed by atoms with Gasteiger partial charge >= 0.3 is 0 Å². The van der Waals surface area contributed by atoms with Crippen LogP contribution in [0.4, 0.5) is 5.82 Å². The van der Waals surface area contributed by atoms with Gasteiger partial charge in [0.15, 0.2) is 0 Å². The maximum absolute atomic E-state index is 12.0. The minimum Gasteiger partial charge on any atom is -0.381 e. The molecule has 7 heteroatoms. The number of hydrogen-bond donors (Lipinski definition) is 1. The molecule has 1 aromatic rings. The Hall–Kier alpha value is -1.31. The third kappa shape index (κ3) is 3.84. The standard InChI is InChI=1S/C17H26N4O2S/c1-2-14-3-4-15(19-13-14)20-7-9-21(10-8-20)24-17(16(18)22)5-11-23-12-6-17/h3-4,13H,2,5-12H2,1H3,(H2,18,22). The summed E-state index contributed by atoms with van der Waals surface area (Å²) in [7, 11) is 0. The van der Waals surface area contributed by atoms with Crippen LogP contribution in [0.2, 0.25) is 0 Å². The number of aryl methyl sites for hydroxylation is 1. The molecule has 2 N–H and O–H groups in total. The van der Waals surface area contributed by atoms with Crippen molar-refractivity contribution < 1.29 is 9.53 Å². The van der Waals surface area contributed by atoms with Crippen LogP contribution in [0.3, 0.4) is 0 Å². The molecule has 2 saturated heterocycles. The number of carbonyl (C=O) groups is 1. The molecule has 132 valence electrons. The molecule has 0 radical (unpaired) electrons. The number of rotatable bonds is 5. The molecule has 3 heterocycles. The van der Waals surface area contributed by atoms with Crippen molar-refractivity contribution in [3.63, 3.8) is 0 Å². The van der Waals surface area contributed by atoms with Gasteiger partial charge < -0.3 is 15.4 Å². The molecule has 0 saturated carbocycles. The highest BCUT2D eigenvalue weighted by Gasteiger charge is 2.41. The minimum atomic E-state index is -0.499. The number of aromatic nitrogens is 1. The van der Waals surface area contributed by atoms with E-state index in [1.807, 2.05) is 6.20 Å². The molecule has 2 aliphatic heterocycles. The molecule has 0 bridgehead atoms. The number of nitrogens with two attached hydrogens (primary N) is 1. The molecule has 0 aromatic carbocycles. The van der Waals surface area contributed by atoms with Crippen LogP contribution in [0.15, 0.2) is 18.3 Å². The fourth-order valence-corrected chi connectivity index (χ4v) is 4.43. The van der Waals surface area contributed by atoms with E-state index in [2.05, 4.69) is 33.2 Å². The zero-order valence-electron chi connectivity index (χ0n) is 14.2. The van der Waals surface area contributed by atoms with E-state index in [0.29, 0.717) is 26.1 Å². The molecule has 0 unspecified atom stereocenters. The lowest BCUT2D eigenvalue weighted by Crippen LogP contribution is -2.51. The molecule has 2 aliphatic rings. The van der Waals surface area contributed by atoms with Gasteiger partial charge in [-0.2, -0.15) is 0 Å². The van der Waals surface area contributed by atoms with Crippen LogP contribution in [0, 0.1) is 0 Å². The molecular formula is C17H26N4O2S. The van der Waals surface area contributed by atoms with E-state index in [0.717, 1.165) is 38.4 Å². The van der Waals surface area contributed by atoms with Gasteiger partial charge in [-0.25, -0.2) is 9.29 Å². The summed E-state index contributed by atoms with van der Waals surface area (Å²) in [5.41, 5.74) is 6.96. The lowest BCUT2D eigenvalue weighted by Gasteiger charge is -2.41. The van der Waals surface area contributed by atoms with Gasteiger partial charge in [0.25, 0.3) is 0 Å². The average molecular weight is 350 g/mol. The quantitative estimate of drug-likeness (QED) is 0.811. The first-order chi connectivity index (χ1) is 11.6. The Kier molecular flexibility index (Phi) is 5.63. The normalized spacial score (nSPS) is 21.6. The lowest BCUT2D eigenvalue weighted by molar-refractivity contribution is -0.122. The molecule has 3 rings (SSSR count). The van der Waals surface area contributed by atoms with Gasteiger partial charge in [-0.1, -0.05) is 24.9 Å². The lowest BCUT2D eigenvalue weighted by atomic mass is 9.98. The van der Waals surface area contributed by atoms with Crippen LogP contribution in [0.5, 0.6) is 0 Å². The summed E-state index contributed by atoms with van der Waals surface area (Å²) >= 11 is 1.63. The molecule has 6 nitrogen and oxygen atoms in total.